The molecule has 3 aromatic rings. The van der Waals surface area contributed by atoms with Crippen LogP contribution in [0.3, 0.4) is 0 Å². The van der Waals surface area contributed by atoms with Crippen molar-refractivity contribution >= 4 is 17.5 Å². The normalized spacial score (nSPS) is 10.4. The van der Waals surface area contributed by atoms with Gasteiger partial charge in [-0.3, -0.25) is 4.79 Å². The lowest BCUT2D eigenvalue weighted by molar-refractivity contribution is -0.123. The van der Waals surface area contributed by atoms with E-state index in [2.05, 4.69) is 15.5 Å². The highest BCUT2D eigenvalue weighted by atomic mass is 35.5. The largest absolute Gasteiger partial charge is 0.496 e. The van der Waals surface area contributed by atoms with Crippen LogP contribution in [0.4, 0.5) is 0 Å². The number of methoxy groups -OCH3 is 2. The van der Waals surface area contributed by atoms with Crippen LogP contribution in [-0.2, 0) is 11.3 Å². The predicted molar refractivity (Wildman–Crippen MR) is 102 cm³/mol. The average Bonchev–Trinajstić information content (AvgIpc) is 3.19. The van der Waals surface area contributed by atoms with Crippen molar-refractivity contribution in [2.45, 2.75) is 6.54 Å². The maximum Gasteiger partial charge on any atom is 0.258 e. The fraction of sp³-hybridized carbons (Fsp3) is 0.211. The van der Waals surface area contributed by atoms with E-state index in [-0.39, 0.29) is 24.9 Å². The van der Waals surface area contributed by atoms with E-state index in [1.807, 2.05) is 12.1 Å². The van der Waals surface area contributed by atoms with Crippen LogP contribution in [0.5, 0.6) is 17.2 Å². The molecule has 0 bridgehead atoms. The maximum atomic E-state index is 12.0. The molecule has 8 nitrogen and oxygen atoms in total. The summed E-state index contributed by atoms with van der Waals surface area (Å²) in [6.07, 6.45) is 0. The molecular weight excluding hydrogens is 386 g/mol. The Kier molecular flexibility index (Phi) is 6.33. The first-order valence-corrected chi connectivity index (χ1v) is 8.67. The summed E-state index contributed by atoms with van der Waals surface area (Å²) < 4.78 is 20.9. The highest BCUT2D eigenvalue weighted by Crippen LogP contribution is 2.27. The van der Waals surface area contributed by atoms with Crippen LogP contribution in [0, 0.1) is 0 Å². The number of nitrogens with zero attached hydrogens (tertiary/aromatic N) is 2. The minimum absolute atomic E-state index is 0.0705. The van der Waals surface area contributed by atoms with Crippen molar-refractivity contribution in [2.24, 2.45) is 0 Å². The highest BCUT2D eigenvalue weighted by molar-refractivity contribution is 6.33. The van der Waals surface area contributed by atoms with Crippen molar-refractivity contribution in [3.63, 3.8) is 0 Å². The smallest absolute Gasteiger partial charge is 0.258 e. The second-order valence-corrected chi connectivity index (χ2v) is 6.01. The van der Waals surface area contributed by atoms with E-state index < -0.39 is 0 Å². The lowest BCUT2D eigenvalue weighted by atomic mass is 10.2. The summed E-state index contributed by atoms with van der Waals surface area (Å²) in [5.74, 6) is 1.84. The van der Waals surface area contributed by atoms with Gasteiger partial charge < -0.3 is 24.1 Å². The summed E-state index contributed by atoms with van der Waals surface area (Å²) in [5.41, 5.74) is 0.654. The molecule has 1 heterocycles. The number of ether oxygens (including phenoxy) is 3. The Morgan fingerprint density at radius 3 is 2.46 bits per heavy atom. The third-order valence-corrected chi connectivity index (χ3v) is 4.04. The molecule has 0 unspecified atom stereocenters. The number of aromatic nitrogens is 2. The number of hydrogen-bond acceptors (Lipinski definition) is 7. The molecule has 1 aromatic heterocycles. The number of rotatable bonds is 8. The number of nitrogens with one attached hydrogen (secondary N) is 1. The van der Waals surface area contributed by atoms with E-state index >= 15 is 0 Å². The Bertz CT molecular complexity index is 938. The van der Waals surface area contributed by atoms with Crippen molar-refractivity contribution in [2.75, 3.05) is 20.8 Å². The van der Waals surface area contributed by atoms with Gasteiger partial charge in [-0.1, -0.05) is 28.9 Å². The van der Waals surface area contributed by atoms with E-state index in [4.69, 9.17) is 30.3 Å². The highest BCUT2D eigenvalue weighted by Gasteiger charge is 2.12. The number of amides is 1. The molecule has 1 N–H and O–H groups in total. The molecule has 0 spiro atoms. The third kappa shape index (κ3) is 4.92. The molecular formula is C19H18ClN3O5. The van der Waals surface area contributed by atoms with Crippen LogP contribution in [0.15, 0.2) is 47.0 Å². The zero-order chi connectivity index (χ0) is 19.9. The SMILES string of the molecule is COc1cc(OC)cc(OCC(=O)NCc2nc(-c3ccccc3Cl)no2)c1. The van der Waals surface area contributed by atoms with Gasteiger partial charge in [0.25, 0.3) is 5.91 Å². The topological polar surface area (TPSA) is 95.7 Å². The van der Waals surface area contributed by atoms with Crippen molar-refractivity contribution in [3.8, 4) is 28.6 Å². The Morgan fingerprint density at radius 1 is 1.11 bits per heavy atom. The molecule has 2 aromatic carbocycles. The van der Waals surface area contributed by atoms with Crippen LogP contribution in [-0.4, -0.2) is 36.9 Å². The Hall–Kier alpha value is -3.26. The van der Waals surface area contributed by atoms with E-state index in [9.17, 15) is 4.79 Å². The van der Waals surface area contributed by atoms with Crippen LogP contribution in [0.2, 0.25) is 5.02 Å². The van der Waals surface area contributed by atoms with Crippen molar-refractivity contribution < 1.29 is 23.5 Å². The fourth-order valence-corrected chi connectivity index (χ4v) is 2.54. The molecule has 146 valence electrons. The van der Waals surface area contributed by atoms with Crippen LogP contribution >= 0.6 is 11.6 Å². The Labute approximate surface area is 166 Å². The van der Waals surface area contributed by atoms with E-state index in [1.165, 1.54) is 14.2 Å². The summed E-state index contributed by atoms with van der Waals surface area (Å²) in [6.45, 7) is -0.122. The molecule has 0 saturated carbocycles. The minimum atomic E-state index is -0.348. The maximum absolute atomic E-state index is 12.0. The molecule has 28 heavy (non-hydrogen) atoms. The van der Waals surface area contributed by atoms with Crippen LogP contribution in [0.1, 0.15) is 5.89 Å². The van der Waals surface area contributed by atoms with Gasteiger partial charge in [-0.25, -0.2) is 0 Å². The average molecular weight is 404 g/mol. The summed E-state index contributed by atoms with van der Waals surface area (Å²) in [7, 11) is 3.07. The number of hydrogen-bond donors (Lipinski definition) is 1. The summed E-state index contributed by atoms with van der Waals surface area (Å²) in [5, 5.41) is 7.04. The molecule has 0 aliphatic carbocycles. The van der Waals surface area contributed by atoms with Gasteiger partial charge in [-0.2, -0.15) is 4.98 Å². The first-order chi connectivity index (χ1) is 13.6. The summed E-state index contributed by atoms with van der Waals surface area (Å²) in [6, 6.07) is 12.2. The summed E-state index contributed by atoms with van der Waals surface area (Å²) >= 11 is 6.11. The number of carbonyl (C=O) groups is 1. The van der Waals surface area contributed by atoms with Gasteiger partial charge in [-0.15, -0.1) is 0 Å². The predicted octanol–water partition coefficient (Wildman–Crippen LogP) is 3.10. The molecule has 0 atom stereocenters. The van der Waals surface area contributed by atoms with Gasteiger partial charge in [0.05, 0.1) is 25.8 Å². The quantitative estimate of drug-likeness (QED) is 0.617. The Morgan fingerprint density at radius 2 is 1.79 bits per heavy atom. The number of benzene rings is 2. The second-order valence-electron chi connectivity index (χ2n) is 5.61. The van der Waals surface area contributed by atoms with Crippen molar-refractivity contribution in [3.05, 3.63) is 53.4 Å². The fourth-order valence-electron chi connectivity index (χ4n) is 2.32. The van der Waals surface area contributed by atoms with E-state index in [0.29, 0.717) is 33.7 Å². The van der Waals surface area contributed by atoms with Gasteiger partial charge in [-0.05, 0) is 12.1 Å². The van der Waals surface area contributed by atoms with E-state index in [0.717, 1.165) is 0 Å². The second kappa shape index (κ2) is 9.09. The van der Waals surface area contributed by atoms with Crippen LogP contribution in [0.25, 0.3) is 11.4 Å². The standard InChI is InChI=1S/C19H18ClN3O5/c1-25-12-7-13(26-2)9-14(8-12)27-11-17(24)21-10-18-22-19(23-28-18)15-5-3-4-6-16(15)20/h3-9H,10-11H2,1-2H3,(H,21,24). The monoisotopic (exact) mass is 403 g/mol. The van der Waals surface area contributed by atoms with Gasteiger partial charge >= 0.3 is 0 Å². The lowest BCUT2D eigenvalue weighted by Crippen LogP contribution is -2.28. The van der Waals surface area contributed by atoms with Gasteiger partial charge in [0.1, 0.15) is 17.2 Å². The zero-order valence-corrected chi connectivity index (χ0v) is 16.0. The third-order valence-electron chi connectivity index (χ3n) is 3.71. The van der Waals surface area contributed by atoms with Gasteiger partial charge in [0, 0.05) is 23.8 Å². The molecule has 9 heteroatoms. The number of halogens is 1. The van der Waals surface area contributed by atoms with Crippen LogP contribution < -0.4 is 19.5 Å². The molecule has 3 rings (SSSR count). The number of carbonyl (C=O) groups excluding carboxylic acids is 1. The molecule has 0 saturated heterocycles. The summed E-state index contributed by atoms with van der Waals surface area (Å²) in [4.78, 5) is 16.2. The molecule has 0 fully saturated rings. The molecule has 1 amide bonds. The van der Waals surface area contributed by atoms with Gasteiger partial charge in [0.2, 0.25) is 11.7 Å². The van der Waals surface area contributed by atoms with Gasteiger partial charge in [0.15, 0.2) is 6.61 Å². The first-order valence-electron chi connectivity index (χ1n) is 8.29. The molecule has 0 aliphatic heterocycles. The van der Waals surface area contributed by atoms with Crippen molar-refractivity contribution in [1.82, 2.24) is 15.5 Å². The van der Waals surface area contributed by atoms with E-state index in [1.54, 1.807) is 30.3 Å². The lowest BCUT2D eigenvalue weighted by Gasteiger charge is -2.10. The minimum Gasteiger partial charge on any atom is -0.496 e. The first kappa shape index (κ1) is 19.5. The Balaban J connectivity index is 1.53. The molecule has 0 radical (unpaired) electrons. The molecule has 0 aliphatic rings. The van der Waals surface area contributed by atoms with Crippen molar-refractivity contribution in [1.29, 1.82) is 0 Å². The zero-order valence-electron chi connectivity index (χ0n) is 15.3.